The van der Waals surface area contributed by atoms with Gasteiger partial charge in [-0.25, -0.2) is 0 Å². The molecule has 25 heavy (non-hydrogen) atoms. The summed E-state index contributed by atoms with van der Waals surface area (Å²) in [5.74, 6) is -1.89. The first kappa shape index (κ1) is 14.6. The molecule has 1 aliphatic heterocycles. The van der Waals surface area contributed by atoms with E-state index in [0.29, 0.717) is 12.1 Å². The molecular formula is C21H17NO3. The number of nitrogens with zero attached hydrogens (tertiary/aromatic N) is 1. The Morgan fingerprint density at radius 2 is 1.48 bits per heavy atom. The van der Waals surface area contributed by atoms with Gasteiger partial charge >= 0.3 is 0 Å². The van der Waals surface area contributed by atoms with Crippen LogP contribution in [0.15, 0.2) is 48.5 Å². The standard InChI is InChI=1S/C21H17NO3/c1-11-6-8-12(9-7-11)22-20(24)18-15-10-16(23)17(19(18)21(22)25)14-5-3-2-4-13(14)15/h2-9,15,17-19H,10H2,1H3/t15-,17-,18-,19-/m0/s1. The van der Waals surface area contributed by atoms with Gasteiger partial charge in [-0.1, -0.05) is 42.0 Å². The lowest BCUT2D eigenvalue weighted by molar-refractivity contribution is -0.134. The summed E-state index contributed by atoms with van der Waals surface area (Å²) in [5, 5.41) is 0. The van der Waals surface area contributed by atoms with Crippen LogP contribution in [-0.4, -0.2) is 17.6 Å². The average molecular weight is 331 g/mol. The van der Waals surface area contributed by atoms with Gasteiger partial charge in [0.15, 0.2) is 0 Å². The summed E-state index contributed by atoms with van der Waals surface area (Å²) < 4.78 is 0. The second-order valence-electron chi connectivity index (χ2n) is 7.28. The first-order valence-electron chi connectivity index (χ1n) is 8.64. The Bertz CT molecular complexity index is 930. The molecule has 1 heterocycles. The van der Waals surface area contributed by atoms with Gasteiger partial charge in [0, 0.05) is 12.3 Å². The van der Waals surface area contributed by atoms with Crippen molar-refractivity contribution in [2.75, 3.05) is 4.90 Å². The van der Waals surface area contributed by atoms with Crippen molar-refractivity contribution < 1.29 is 14.4 Å². The van der Waals surface area contributed by atoms with Gasteiger partial charge in [0.05, 0.1) is 23.4 Å². The molecule has 4 nitrogen and oxygen atoms in total. The highest BCUT2D eigenvalue weighted by Crippen LogP contribution is 2.57. The van der Waals surface area contributed by atoms with E-state index < -0.39 is 17.8 Å². The summed E-state index contributed by atoms with van der Waals surface area (Å²) in [7, 11) is 0. The first-order chi connectivity index (χ1) is 12.1. The minimum absolute atomic E-state index is 0.0943. The van der Waals surface area contributed by atoms with E-state index in [1.54, 1.807) is 12.1 Å². The van der Waals surface area contributed by atoms with Crippen molar-refractivity contribution >= 4 is 23.3 Å². The topological polar surface area (TPSA) is 54.5 Å². The van der Waals surface area contributed by atoms with E-state index in [-0.39, 0.29) is 23.5 Å². The zero-order chi connectivity index (χ0) is 17.3. The third kappa shape index (κ3) is 1.79. The maximum absolute atomic E-state index is 13.1. The molecule has 3 aliphatic carbocycles. The molecule has 0 unspecified atom stereocenters. The number of anilines is 1. The number of benzene rings is 2. The van der Waals surface area contributed by atoms with Gasteiger partial charge in [-0.3, -0.25) is 19.3 Å². The number of ketones is 1. The number of Topliss-reactive ketones (excluding diaryl/α,β-unsaturated/α-hetero) is 1. The van der Waals surface area contributed by atoms with Gasteiger partial charge in [-0.15, -0.1) is 0 Å². The van der Waals surface area contributed by atoms with Crippen LogP contribution in [0.2, 0.25) is 0 Å². The Balaban J connectivity index is 1.65. The summed E-state index contributed by atoms with van der Waals surface area (Å²) in [6.45, 7) is 1.96. The van der Waals surface area contributed by atoms with Crippen LogP contribution in [-0.2, 0) is 14.4 Å². The molecule has 6 rings (SSSR count). The van der Waals surface area contributed by atoms with E-state index in [1.807, 2.05) is 43.3 Å². The number of fused-ring (bicyclic) bond motifs is 1. The van der Waals surface area contributed by atoms with Gasteiger partial charge < -0.3 is 0 Å². The van der Waals surface area contributed by atoms with Crippen molar-refractivity contribution in [3.63, 3.8) is 0 Å². The molecule has 2 aromatic carbocycles. The third-order valence-corrected chi connectivity index (χ3v) is 5.98. The molecule has 2 aromatic rings. The van der Waals surface area contributed by atoms with Crippen LogP contribution in [0.25, 0.3) is 0 Å². The molecule has 0 N–H and O–H groups in total. The second-order valence-corrected chi connectivity index (χ2v) is 7.28. The number of amides is 2. The lowest BCUT2D eigenvalue weighted by Gasteiger charge is -2.43. The molecule has 4 atom stereocenters. The van der Waals surface area contributed by atoms with Crippen molar-refractivity contribution in [2.24, 2.45) is 11.8 Å². The van der Waals surface area contributed by atoms with Crippen LogP contribution < -0.4 is 4.90 Å². The molecule has 2 amide bonds. The van der Waals surface area contributed by atoms with Crippen molar-refractivity contribution in [3.05, 3.63) is 65.2 Å². The molecule has 4 heteroatoms. The summed E-state index contributed by atoms with van der Waals surface area (Å²) in [6.07, 6.45) is 0.365. The summed E-state index contributed by atoms with van der Waals surface area (Å²) in [4.78, 5) is 40.2. The van der Waals surface area contributed by atoms with E-state index in [1.165, 1.54) is 4.90 Å². The Morgan fingerprint density at radius 1 is 0.840 bits per heavy atom. The first-order valence-corrected chi connectivity index (χ1v) is 8.64. The lowest BCUT2D eigenvalue weighted by atomic mass is 9.56. The van der Waals surface area contributed by atoms with E-state index >= 15 is 0 Å². The van der Waals surface area contributed by atoms with Crippen LogP contribution >= 0.6 is 0 Å². The van der Waals surface area contributed by atoms with E-state index in [2.05, 4.69) is 0 Å². The lowest BCUT2D eigenvalue weighted by Crippen LogP contribution is -2.44. The quantitative estimate of drug-likeness (QED) is 0.755. The predicted octanol–water partition coefficient (Wildman–Crippen LogP) is 2.95. The minimum atomic E-state index is -0.546. The summed E-state index contributed by atoms with van der Waals surface area (Å²) in [5.41, 5.74) is 3.69. The number of imide groups is 1. The van der Waals surface area contributed by atoms with Gasteiger partial charge in [0.2, 0.25) is 11.8 Å². The smallest absolute Gasteiger partial charge is 0.238 e. The van der Waals surface area contributed by atoms with Crippen molar-refractivity contribution in [2.45, 2.75) is 25.2 Å². The van der Waals surface area contributed by atoms with Crippen LogP contribution in [0.5, 0.6) is 0 Å². The van der Waals surface area contributed by atoms with Crippen LogP contribution in [0.3, 0.4) is 0 Å². The maximum atomic E-state index is 13.1. The van der Waals surface area contributed by atoms with Crippen molar-refractivity contribution in [1.29, 1.82) is 0 Å². The van der Waals surface area contributed by atoms with Crippen LogP contribution in [0.4, 0.5) is 5.69 Å². The van der Waals surface area contributed by atoms with Crippen molar-refractivity contribution in [1.82, 2.24) is 0 Å². The number of hydrogen-bond acceptors (Lipinski definition) is 3. The number of carbonyl (C=O) groups excluding carboxylic acids is 3. The van der Waals surface area contributed by atoms with E-state index in [9.17, 15) is 14.4 Å². The molecule has 0 aromatic heterocycles. The molecule has 2 fully saturated rings. The molecule has 124 valence electrons. The summed E-state index contributed by atoms with van der Waals surface area (Å²) in [6, 6.07) is 15.2. The maximum Gasteiger partial charge on any atom is 0.238 e. The molecule has 2 bridgehead atoms. The van der Waals surface area contributed by atoms with Gasteiger partial charge in [-0.05, 0) is 30.2 Å². The van der Waals surface area contributed by atoms with Gasteiger partial charge in [0.1, 0.15) is 5.78 Å². The van der Waals surface area contributed by atoms with E-state index in [0.717, 1.165) is 16.7 Å². The Kier molecular flexibility index (Phi) is 2.85. The second kappa shape index (κ2) is 4.88. The Labute approximate surface area is 145 Å². The normalized spacial score (nSPS) is 29.8. The zero-order valence-corrected chi connectivity index (χ0v) is 13.8. The van der Waals surface area contributed by atoms with E-state index in [4.69, 9.17) is 0 Å². The molecular weight excluding hydrogens is 314 g/mol. The highest BCUT2D eigenvalue weighted by molar-refractivity contribution is 6.24. The minimum Gasteiger partial charge on any atom is -0.299 e. The number of aryl methyl sites for hydroxylation is 1. The average Bonchev–Trinajstić information content (AvgIpc) is 2.88. The highest BCUT2D eigenvalue weighted by Gasteiger charge is 2.62. The molecule has 0 spiro atoms. The molecule has 0 radical (unpaired) electrons. The fraction of sp³-hybridized carbons (Fsp3) is 0.286. The highest BCUT2D eigenvalue weighted by atomic mass is 16.2. The zero-order valence-electron chi connectivity index (χ0n) is 13.8. The SMILES string of the molecule is Cc1ccc(N2C(=O)[C@@H]3[C@@H](C2=O)[C@H]2CC(=O)[C@@H]3c3ccccc32)cc1. The number of rotatable bonds is 1. The van der Waals surface area contributed by atoms with Gasteiger partial charge in [0.25, 0.3) is 0 Å². The predicted molar refractivity (Wildman–Crippen MR) is 92.2 cm³/mol. The fourth-order valence-corrected chi connectivity index (χ4v) is 4.91. The number of carbonyl (C=O) groups is 3. The largest absolute Gasteiger partial charge is 0.299 e. The fourth-order valence-electron chi connectivity index (χ4n) is 4.91. The molecule has 4 aliphatic rings. The number of hydrogen-bond donors (Lipinski definition) is 0. The van der Waals surface area contributed by atoms with Crippen LogP contribution in [0.1, 0.15) is 34.9 Å². The van der Waals surface area contributed by atoms with Crippen LogP contribution in [0, 0.1) is 18.8 Å². The monoisotopic (exact) mass is 331 g/mol. The third-order valence-electron chi connectivity index (χ3n) is 5.98. The Morgan fingerprint density at radius 3 is 2.20 bits per heavy atom. The Hall–Kier alpha value is -2.75. The summed E-state index contributed by atoms with van der Waals surface area (Å²) >= 11 is 0. The van der Waals surface area contributed by atoms with Crippen molar-refractivity contribution in [3.8, 4) is 0 Å². The molecule has 1 saturated heterocycles. The molecule has 1 saturated carbocycles. The van der Waals surface area contributed by atoms with Gasteiger partial charge in [-0.2, -0.15) is 0 Å².